The van der Waals surface area contributed by atoms with Crippen LogP contribution in [0.3, 0.4) is 0 Å². The summed E-state index contributed by atoms with van der Waals surface area (Å²) in [7, 11) is 0. The van der Waals surface area contributed by atoms with Gasteiger partial charge in [0, 0.05) is 26.2 Å². The van der Waals surface area contributed by atoms with E-state index in [0.29, 0.717) is 26.1 Å². The van der Waals surface area contributed by atoms with E-state index in [1.807, 2.05) is 4.90 Å². The molecule has 140 valence electrons. The molecule has 1 amide bonds. The minimum Gasteiger partial charge on any atom is -0.392 e. The van der Waals surface area contributed by atoms with E-state index in [1.54, 1.807) is 0 Å². The predicted octanol–water partition coefficient (Wildman–Crippen LogP) is 1.69. The number of aliphatic hydroxyl groups is 1. The van der Waals surface area contributed by atoms with E-state index >= 15 is 0 Å². The summed E-state index contributed by atoms with van der Waals surface area (Å²) in [6.07, 6.45) is 3.18. The van der Waals surface area contributed by atoms with Gasteiger partial charge in [0.1, 0.15) is 0 Å². The third kappa shape index (κ3) is 5.68. The third-order valence-corrected chi connectivity index (χ3v) is 4.96. The number of hydrogen-bond donors (Lipinski definition) is 2. The number of ether oxygens (including phenoxy) is 1. The van der Waals surface area contributed by atoms with Crippen LogP contribution in [0, 0.1) is 6.92 Å². The standard InChI is InChI=1S/C19H28N2O3.ClH/c1-14-4-6-15(7-5-14)8-9-21(13-17-3-2-10-24-17)19(23)18-11-16(22)12-20-18;/h4-7,16-18,20,22H,2-3,8-13H2,1H3;1H. The van der Waals surface area contributed by atoms with Crippen molar-refractivity contribution in [2.75, 3.05) is 26.2 Å². The van der Waals surface area contributed by atoms with Gasteiger partial charge in [0.25, 0.3) is 0 Å². The average Bonchev–Trinajstić information content (AvgIpc) is 3.24. The highest BCUT2D eigenvalue weighted by Crippen LogP contribution is 2.17. The molecule has 2 saturated heterocycles. The number of nitrogens with zero attached hydrogens (tertiary/aromatic N) is 1. The van der Waals surface area contributed by atoms with Gasteiger partial charge >= 0.3 is 0 Å². The summed E-state index contributed by atoms with van der Waals surface area (Å²) >= 11 is 0. The second-order valence-corrected chi connectivity index (χ2v) is 7.01. The Balaban J connectivity index is 0.00000225. The molecule has 3 unspecified atom stereocenters. The first-order chi connectivity index (χ1) is 11.6. The van der Waals surface area contributed by atoms with Gasteiger partial charge in [-0.25, -0.2) is 0 Å². The zero-order chi connectivity index (χ0) is 16.9. The topological polar surface area (TPSA) is 61.8 Å². The van der Waals surface area contributed by atoms with Crippen LogP contribution in [0.25, 0.3) is 0 Å². The first kappa shape index (κ1) is 20.2. The lowest BCUT2D eigenvalue weighted by Crippen LogP contribution is -2.47. The van der Waals surface area contributed by atoms with E-state index in [-0.39, 0.29) is 30.5 Å². The quantitative estimate of drug-likeness (QED) is 0.802. The molecule has 3 rings (SSSR count). The van der Waals surface area contributed by atoms with Gasteiger partial charge in [-0.2, -0.15) is 0 Å². The SMILES string of the molecule is Cc1ccc(CCN(CC2CCCO2)C(=O)C2CC(O)CN2)cc1.Cl. The highest BCUT2D eigenvalue weighted by atomic mass is 35.5. The minimum atomic E-state index is -0.416. The predicted molar refractivity (Wildman–Crippen MR) is 100 cm³/mol. The van der Waals surface area contributed by atoms with Crippen molar-refractivity contribution in [2.24, 2.45) is 0 Å². The zero-order valence-electron chi connectivity index (χ0n) is 14.8. The summed E-state index contributed by atoms with van der Waals surface area (Å²) < 4.78 is 5.72. The van der Waals surface area contributed by atoms with Gasteiger partial charge in [0.2, 0.25) is 5.91 Å². The molecule has 3 atom stereocenters. The molecule has 2 N–H and O–H groups in total. The van der Waals surface area contributed by atoms with Crippen molar-refractivity contribution in [2.45, 2.75) is 50.9 Å². The summed E-state index contributed by atoms with van der Waals surface area (Å²) in [6, 6.07) is 8.20. The number of carbonyl (C=O) groups excluding carboxylic acids is 1. The van der Waals surface area contributed by atoms with E-state index in [0.717, 1.165) is 25.9 Å². The fraction of sp³-hybridized carbons (Fsp3) is 0.632. The second-order valence-electron chi connectivity index (χ2n) is 7.01. The number of carbonyl (C=O) groups is 1. The summed E-state index contributed by atoms with van der Waals surface area (Å²) in [5.74, 6) is 0.0918. The molecule has 0 spiro atoms. The van der Waals surface area contributed by atoms with E-state index in [4.69, 9.17) is 4.74 Å². The molecule has 2 aliphatic rings. The van der Waals surface area contributed by atoms with Crippen molar-refractivity contribution >= 4 is 18.3 Å². The van der Waals surface area contributed by atoms with Gasteiger partial charge in [0.05, 0.1) is 18.2 Å². The van der Waals surface area contributed by atoms with Crippen molar-refractivity contribution in [3.8, 4) is 0 Å². The Morgan fingerprint density at radius 1 is 1.36 bits per heavy atom. The van der Waals surface area contributed by atoms with Crippen LogP contribution in [-0.4, -0.2) is 60.4 Å². The number of amides is 1. The number of β-amino-alcohol motifs (C(OH)–C–C–N with tert-alkyl or cyclic N) is 1. The second kappa shape index (κ2) is 9.53. The first-order valence-corrected chi connectivity index (χ1v) is 8.99. The fourth-order valence-electron chi connectivity index (χ4n) is 3.47. The smallest absolute Gasteiger partial charge is 0.239 e. The van der Waals surface area contributed by atoms with Gasteiger partial charge in [-0.05, 0) is 38.2 Å². The maximum atomic E-state index is 12.9. The maximum Gasteiger partial charge on any atom is 0.239 e. The summed E-state index contributed by atoms with van der Waals surface area (Å²) in [6.45, 7) is 4.72. The zero-order valence-corrected chi connectivity index (χ0v) is 15.6. The van der Waals surface area contributed by atoms with Gasteiger partial charge in [-0.3, -0.25) is 4.79 Å². The van der Waals surface area contributed by atoms with Crippen LogP contribution in [-0.2, 0) is 16.0 Å². The Kier molecular flexibility index (Phi) is 7.69. The van der Waals surface area contributed by atoms with Crippen molar-refractivity contribution in [3.63, 3.8) is 0 Å². The van der Waals surface area contributed by atoms with Crippen LogP contribution in [0.4, 0.5) is 0 Å². The molecule has 0 saturated carbocycles. The molecule has 2 heterocycles. The Bertz CT molecular complexity index is 546. The Hall–Kier alpha value is -1.14. The van der Waals surface area contributed by atoms with Crippen LogP contribution < -0.4 is 5.32 Å². The largest absolute Gasteiger partial charge is 0.392 e. The van der Waals surface area contributed by atoms with E-state index in [2.05, 4.69) is 36.5 Å². The number of benzene rings is 1. The highest BCUT2D eigenvalue weighted by molar-refractivity contribution is 5.85. The monoisotopic (exact) mass is 368 g/mol. The number of aliphatic hydroxyl groups excluding tert-OH is 1. The van der Waals surface area contributed by atoms with Gasteiger partial charge in [0.15, 0.2) is 0 Å². The molecule has 2 fully saturated rings. The number of rotatable bonds is 6. The van der Waals surface area contributed by atoms with Crippen LogP contribution >= 0.6 is 12.4 Å². The van der Waals surface area contributed by atoms with Gasteiger partial charge in [-0.15, -0.1) is 12.4 Å². The number of nitrogens with one attached hydrogen (secondary N) is 1. The maximum absolute atomic E-state index is 12.9. The summed E-state index contributed by atoms with van der Waals surface area (Å²) in [4.78, 5) is 14.8. The lowest BCUT2D eigenvalue weighted by molar-refractivity contribution is -0.134. The van der Waals surface area contributed by atoms with Crippen molar-refractivity contribution in [3.05, 3.63) is 35.4 Å². The van der Waals surface area contributed by atoms with E-state index in [9.17, 15) is 9.90 Å². The van der Waals surface area contributed by atoms with Crippen LogP contribution in [0.1, 0.15) is 30.4 Å². The Morgan fingerprint density at radius 2 is 2.12 bits per heavy atom. The molecule has 0 aromatic heterocycles. The van der Waals surface area contributed by atoms with Crippen molar-refractivity contribution in [1.82, 2.24) is 10.2 Å². The molecule has 6 heteroatoms. The molecular formula is C19H29ClN2O3. The van der Waals surface area contributed by atoms with Gasteiger partial charge in [-0.1, -0.05) is 29.8 Å². The summed E-state index contributed by atoms with van der Waals surface area (Å²) in [5, 5.41) is 12.8. The molecule has 0 radical (unpaired) electrons. The Morgan fingerprint density at radius 3 is 2.72 bits per heavy atom. The van der Waals surface area contributed by atoms with E-state index in [1.165, 1.54) is 11.1 Å². The van der Waals surface area contributed by atoms with Crippen LogP contribution in [0.2, 0.25) is 0 Å². The molecule has 0 aliphatic carbocycles. The highest BCUT2D eigenvalue weighted by Gasteiger charge is 2.32. The number of hydrogen-bond acceptors (Lipinski definition) is 4. The normalized spacial score (nSPS) is 25.6. The molecule has 0 bridgehead atoms. The third-order valence-electron chi connectivity index (χ3n) is 4.96. The lowest BCUT2D eigenvalue weighted by Gasteiger charge is -2.28. The Labute approximate surface area is 156 Å². The fourth-order valence-corrected chi connectivity index (χ4v) is 3.47. The molecule has 1 aromatic rings. The lowest BCUT2D eigenvalue weighted by atomic mass is 10.1. The van der Waals surface area contributed by atoms with Crippen molar-refractivity contribution in [1.29, 1.82) is 0 Å². The number of halogens is 1. The van der Waals surface area contributed by atoms with Crippen LogP contribution in [0.15, 0.2) is 24.3 Å². The molecule has 5 nitrogen and oxygen atoms in total. The average molecular weight is 369 g/mol. The molecule has 2 aliphatic heterocycles. The number of aryl methyl sites for hydroxylation is 1. The van der Waals surface area contributed by atoms with Crippen LogP contribution in [0.5, 0.6) is 0 Å². The van der Waals surface area contributed by atoms with Gasteiger partial charge < -0.3 is 20.1 Å². The van der Waals surface area contributed by atoms with E-state index < -0.39 is 6.10 Å². The minimum absolute atomic E-state index is 0. The first-order valence-electron chi connectivity index (χ1n) is 8.99. The summed E-state index contributed by atoms with van der Waals surface area (Å²) in [5.41, 5.74) is 2.49. The van der Waals surface area contributed by atoms with Crippen molar-refractivity contribution < 1.29 is 14.6 Å². The molecule has 1 aromatic carbocycles. The molecular weight excluding hydrogens is 340 g/mol. The molecule has 25 heavy (non-hydrogen) atoms.